The molecule has 4 aromatic carbocycles. The van der Waals surface area contributed by atoms with Crippen molar-refractivity contribution in [2.75, 3.05) is 12.4 Å². The zero-order chi connectivity index (χ0) is 22.8. The molecule has 0 saturated heterocycles. The number of thiazole rings is 1. The van der Waals surface area contributed by atoms with Gasteiger partial charge in [-0.15, -0.1) is 11.3 Å². The smallest absolute Gasteiger partial charge is 0.257 e. The number of aromatic nitrogens is 1. The summed E-state index contributed by atoms with van der Waals surface area (Å²) in [5.41, 5.74) is 3.08. The minimum absolute atomic E-state index is 0.188. The Labute approximate surface area is 200 Å². The summed E-state index contributed by atoms with van der Waals surface area (Å²) in [4.78, 5) is 17.5. The van der Waals surface area contributed by atoms with Gasteiger partial charge in [0.05, 0.1) is 23.0 Å². The van der Waals surface area contributed by atoms with Crippen molar-refractivity contribution >= 4 is 61.3 Å². The Balaban J connectivity index is 1.36. The molecule has 0 spiro atoms. The van der Waals surface area contributed by atoms with Crippen LogP contribution in [-0.4, -0.2) is 23.1 Å². The lowest BCUT2D eigenvalue weighted by atomic mass is 10.1. The minimum atomic E-state index is -0.278. The van der Waals surface area contributed by atoms with Gasteiger partial charge in [0.25, 0.3) is 5.91 Å². The molecule has 0 aliphatic rings. The first kappa shape index (κ1) is 21.1. The standard InChI is InChI=1S/C26H19N3O2S2/c1-31-22-13-12-19(25-27-20-8-4-5-9-23(20)33-25)15-21(22)28-26(32)29-24(30)18-11-10-16-6-2-3-7-17(16)14-18/h2-15H,1H3,(H2,28,29,30,32). The maximum atomic E-state index is 12.8. The molecule has 0 bridgehead atoms. The van der Waals surface area contributed by atoms with Gasteiger partial charge in [-0.25, -0.2) is 4.98 Å². The molecule has 1 heterocycles. The number of methoxy groups -OCH3 is 1. The molecule has 2 N–H and O–H groups in total. The van der Waals surface area contributed by atoms with Gasteiger partial charge in [-0.3, -0.25) is 10.1 Å². The van der Waals surface area contributed by atoms with Crippen LogP contribution in [0.4, 0.5) is 5.69 Å². The summed E-state index contributed by atoms with van der Waals surface area (Å²) in [6.07, 6.45) is 0. The van der Waals surface area contributed by atoms with Crippen LogP contribution < -0.4 is 15.4 Å². The number of benzene rings is 4. The van der Waals surface area contributed by atoms with Gasteiger partial charge in [-0.1, -0.05) is 42.5 Å². The summed E-state index contributed by atoms with van der Waals surface area (Å²) < 4.78 is 6.60. The highest BCUT2D eigenvalue weighted by atomic mass is 32.1. The summed E-state index contributed by atoms with van der Waals surface area (Å²) in [7, 11) is 1.59. The van der Waals surface area contributed by atoms with E-state index in [1.54, 1.807) is 24.5 Å². The van der Waals surface area contributed by atoms with Gasteiger partial charge in [0.1, 0.15) is 10.8 Å². The third-order valence-electron chi connectivity index (χ3n) is 5.23. The SMILES string of the molecule is COc1ccc(-c2nc3ccccc3s2)cc1NC(=S)NC(=O)c1ccc2ccccc2c1. The molecule has 5 aromatic rings. The van der Waals surface area contributed by atoms with Crippen molar-refractivity contribution in [2.45, 2.75) is 0 Å². The number of rotatable bonds is 4. The first-order chi connectivity index (χ1) is 16.1. The molecule has 0 fully saturated rings. The number of hydrogen-bond acceptors (Lipinski definition) is 5. The number of thiocarbonyl (C=S) groups is 1. The number of nitrogens with one attached hydrogen (secondary N) is 2. The second-order valence-corrected chi connectivity index (χ2v) is 8.81. The lowest BCUT2D eigenvalue weighted by molar-refractivity contribution is 0.0978. The van der Waals surface area contributed by atoms with Gasteiger partial charge >= 0.3 is 0 Å². The Hall–Kier alpha value is -3.81. The van der Waals surface area contributed by atoms with Gasteiger partial charge < -0.3 is 10.1 Å². The molecule has 1 amide bonds. The maximum absolute atomic E-state index is 12.8. The predicted octanol–water partition coefficient (Wildman–Crippen LogP) is 6.25. The van der Waals surface area contributed by atoms with E-state index in [-0.39, 0.29) is 11.0 Å². The summed E-state index contributed by atoms with van der Waals surface area (Å²) in [5.74, 6) is 0.335. The summed E-state index contributed by atoms with van der Waals surface area (Å²) in [5, 5.41) is 9.00. The fourth-order valence-corrected chi connectivity index (χ4v) is 4.76. The topological polar surface area (TPSA) is 63.2 Å². The van der Waals surface area contributed by atoms with E-state index < -0.39 is 0 Å². The highest BCUT2D eigenvalue weighted by molar-refractivity contribution is 7.80. The van der Waals surface area contributed by atoms with Crippen LogP contribution in [0.1, 0.15) is 10.4 Å². The molecular weight excluding hydrogens is 450 g/mol. The molecule has 0 atom stereocenters. The van der Waals surface area contributed by atoms with Crippen LogP contribution in [0.25, 0.3) is 31.6 Å². The third kappa shape index (κ3) is 4.41. The van der Waals surface area contributed by atoms with E-state index in [1.165, 1.54) is 0 Å². The molecule has 0 unspecified atom stereocenters. The zero-order valence-corrected chi connectivity index (χ0v) is 19.3. The Bertz CT molecular complexity index is 1480. The van der Waals surface area contributed by atoms with Crippen molar-refractivity contribution in [3.63, 3.8) is 0 Å². The van der Waals surface area contributed by atoms with E-state index in [4.69, 9.17) is 21.9 Å². The molecule has 0 aliphatic carbocycles. The Morgan fingerprint density at radius 2 is 1.73 bits per heavy atom. The number of anilines is 1. The van der Waals surface area contributed by atoms with Crippen LogP contribution in [0.2, 0.25) is 0 Å². The van der Waals surface area contributed by atoms with E-state index in [0.717, 1.165) is 31.6 Å². The number of amides is 1. The number of carbonyl (C=O) groups excluding carboxylic acids is 1. The van der Waals surface area contributed by atoms with Crippen molar-refractivity contribution in [1.82, 2.24) is 10.3 Å². The second-order valence-electron chi connectivity index (χ2n) is 7.37. The highest BCUT2D eigenvalue weighted by Crippen LogP contribution is 2.34. The Morgan fingerprint density at radius 3 is 2.55 bits per heavy atom. The Morgan fingerprint density at radius 1 is 0.939 bits per heavy atom. The molecule has 5 nitrogen and oxygen atoms in total. The largest absolute Gasteiger partial charge is 0.495 e. The number of carbonyl (C=O) groups is 1. The van der Waals surface area contributed by atoms with Gasteiger partial charge in [-0.05, 0) is 65.5 Å². The molecule has 0 aliphatic heterocycles. The molecule has 33 heavy (non-hydrogen) atoms. The molecular formula is C26H19N3O2S2. The first-order valence-electron chi connectivity index (χ1n) is 10.3. The lowest BCUT2D eigenvalue weighted by Gasteiger charge is -2.14. The summed E-state index contributed by atoms with van der Waals surface area (Å²) in [6.45, 7) is 0. The maximum Gasteiger partial charge on any atom is 0.257 e. The van der Waals surface area contributed by atoms with E-state index in [2.05, 4.69) is 16.7 Å². The van der Waals surface area contributed by atoms with Crippen LogP contribution in [-0.2, 0) is 0 Å². The molecule has 7 heteroatoms. The quantitative estimate of drug-likeness (QED) is 0.305. The van der Waals surface area contributed by atoms with Crippen LogP contribution in [0.5, 0.6) is 5.75 Å². The van der Waals surface area contributed by atoms with E-state index >= 15 is 0 Å². The highest BCUT2D eigenvalue weighted by Gasteiger charge is 2.13. The van der Waals surface area contributed by atoms with E-state index in [0.29, 0.717) is 17.0 Å². The van der Waals surface area contributed by atoms with Gasteiger partial charge in [-0.2, -0.15) is 0 Å². The van der Waals surface area contributed by atoms with Gasteiger partial charge in [0.2, 0.25) is 0 Å². The normalized spacial score (nSPS) is 10.8. The Kier molecular flexibility index (Phi) is 5.73. The fourth-order valence-electron chi connectivity index (χ4n) is 3.59. The van der Waals surface area contributed by atoms with Crippen LogP contribution in [0.3, 0.4) is 0 Å². The van der Waals surface area contributed by atoms with Crippen molar-refractivity contribution in [1.29, 1.82) is 0 Å². The van der Waals surface area contributed by atoms with E-state index in [1.807, 2.05) is 72.8 Å². The van der Waals surface area contributed by atoms with Gasteiger partial charge in [0.15, 0.2) is 5.11 Å². The van der Waals surface area contributed by atoms with Crippen LogP contribution >= 0.6 is 23.6 Å². The van der Waals surface area contributed by atoms with E-state index in [9.17, 15) is 4.79 Å². The number of ether oxygens (including phenoxy) is 1. The average Bonchev–Trinajstić information content (AvgIpc) is 3.28. The molecule has 5 rings (SSSR count). The van der Waals surface area contributed by atoms with Gasteiger partial charge in [0, 0.05) is 11.1 Å². The van der Waals surface area contributed by atoms with Crippen LogP contribution in [0, 0.1) is 0 Å². The minimum Gasteiger partial charge on any atom is -0.495 e. The zero-order valence-electron chi connectivity index (χ0n) is 17.7. The number of hydrogen-bond donors (Lipinski definition) is 2. The third-order valence-corrected chi connectivity index (χ3v) is 6.52. The van der Waals surface area contributed by atoms with Crippen molar-refractivity contribution in [3.05, 3.63) is 90.5 Å². The monoisotopic (exact) mass is 469 g/mol. The second kappa shape index (κ2) is 8.97. The van der Waals surface area contributed by atoms with Crippen molar-refractivity contribution in [2.24, 2.45) is 0 Å². The molecule has 0 saturated carbocycles. The van der Waals surface area contributed by atoms with Crippen molar-refractivity contribution in [3.8, 4) is 16.3 Å². The van der Waals surface area contributed by atoms with Crippen molar-refractivity contribution < 1.29 is 9.53 Å². The summed E-state index contributed by atoms with van der Waals surface area (Å²) >= 11 is 7.03. The number of fused-ring (bicyclic) bond motifs is 2. The average molecular weight is 470 g/mol. The number of nitrogens with zero attached hydrogens (tertiary/aromatic N) is 1. The number of para-hydroxylation sites is 1. The molecule has 0 radical (unpaired) electrons. The predicted molar refractivity (Wildman–Crippen MR) is 139 cm³/mol. The summed E-state index contributed by atoms with van der Waals surface area (Å²) in [6, 6.07) is 27.2. The molecule has 1 aromatic heterocycles. The van der Waals surface area contributed by atoms with Crippen LogP contribution in [0.15, 0.2) is 84.9 Å². The molecule has 162 valence electrons. The lowest BCUT2D eigenvalue weighted by Crippen LogP contribution is -2.34. The first-order valence-corrected chi connectivity index (χ1v) is 11.5. The fraction of sp³-hybridized carbons (Fsp3) is 0.0385.